The van der Waals surface area contributed by atoms with Crippen molar-refractivity contribution in [3.63, 3.8) is 0 Å². The molecule has 0 unspecified atom stereocenters. The highest BCUT2D eigenvalue weighted by Crippen LogP contribution is 2.30. The van der Waals surface area contributed by atoms with Crippen LogP contribution in [0.1, 0.15) is 5.69 Å². The SMILES string of the molecule is O=S(=O)(Nc1cc(C(F)(F)F)no1)c1ccccc1. The fourth-order valence-corrected chi connectivity index (χ4v) is 2.24. The highest BCUT2D eigenvalue weighted by molar-refractivity contribution is 7.92. The number of sulfonamides is 1. The second kappa shape index (κ2) is 4.57. The van der Waals surface area contributed by atoms with Crippen LogP contribution in [-0.4, -0.2) is 13.6 Å². The molecule has 0 radical (unpaired) electrons. The highest BCUT2D eigenvalue weighted by atomic mass is 32.2. The van der Waals surface area contributed by atoms with Crippen molar-refractivity contribution in [1.82, 2.24) is 5.16 Å². The van der Waals surface area contributed by atoms with E-state index in [1.54, 1.807) is 6.07 Å². The lowest BCUT2D eigenvalue weighted by atomic mass is 10.4. The van der Waals surface area contributed by atoms with Crippen molar-refractivity contribution in [2.75, 3.05) is 4.72 Å². The summed E-state index contributed by atoms with van der Waals surface area (Å²) in [6, 6.07) is 7.63. The van der Waals surface area contributed by atoms with Crippen molar-refractivity contribution in [2.45, 2.75) is 11.1 Å². The van der Waals surface area contributed by atoms with E-state index in [2.05, 4.69) is 9.68 Å². The average Bonchev–Trinajstić information content (AvgIpc) is 2.78. The number of nitrogens with one attached hydrogen (secondary N) is 1. The van der Waals surface area contributed by atoms with Crippen LogP contribution >= 0.6 is 0 Å². The van der Waals surface area contributed by atoms with Gasteiger partial charge in [-0.3, -0.25) is 0 Å². The summed E-state index contributed by atoms with van der Waals surface area (Å²) in [4.78, 5) is -0.0973. The largest absolute Gasteiger partial charge is 0.436 e. The number of aromatic nitrogens is 1. The van der Waals surface area contributed by atoms with Crippen LogP contribution < -0.4 is 4.72 Å². The van der Waals surface area contributed by atoms with Crippen LogP contribution in [0.2, 0.25) is 0 Å². The van der Waals surface area contributed by atoms with E-state index in [9.17, 15) is 21.6 Å². The van der Waals surface area contributed by atoms with E-state index >= 15 is 0 Å². The van der Waals surface area contributed by atoms with Crippen LogP contribution in [0.15, 0.2) is 45.8 Å². The lowest BCUT2D eigenvalue weighted by Gasteiger charge is -2.03. The third kappa shape index (κ3) is 3.05. The van der Waals surface area contributed by atoms with Crippen molar-refractivity contribution < 1.29 is 26.1 Å². The molecule has 0 aliphatic carbocycles. The summed E-state index contributed by atoms with van der Waals surface area (Å²) in [7, 11) is -4.00. The van der Waals surface area contributed by atoms with Gasteiger partial charge in [-0.1, -0.05) is 23.4 Å². The number of nitrogens with zero attached hydrogens (tertiary/aromatic N) is 1. The highest BCUT2D eigenvalue weighted by Gasteiger charge is 2.35. The predicted molar refractivity (Wildman–Crippen MR) is 58.8 cm³/mol. The summed E-state index contributed by atoms with van der Waals surface area (Å²) in [5.41, 5.74) is -1.31. The minimum atomic E-state index is -4.69. The Balaban J connectivity index is 2.25. The van der Waals surface area contributed by atoms with Crippen LogP contribution in [0, 0.1) is 0 Å². The maximum absolute atomic E-state index is 12.3. The Labute approximate surface area is 106 Å². The topological polar surface area (TPSA) is 72.2 Å². The van der Waals surface area contributed by atoms with Crippen LogP contribution in [0.25, 0.3) is 0 Å². The number of alkyl halides is 3. The van der Waals surface area contributed by atoms with Crippen molar-refractivity contribution in [1.29, 1.82) is 0 Å². The van der Waals surface area contributed by atoms with Gasteiger partial charge in [-0.15, -0.1) is 0 Å². The number of hydrogen-bond acceptors (Lipinski definition) is 4. The molecule has 0 aliphatic rings. The molecule has 19 heavy (non-hydrogen) atoms. The van der Waals surface area contributed by atoms with Crippen molar-refractivity contribution in [3.05, 3.63) is 42.1 Å². The maximum atomic E-state index is 12.3. The summed E-state index contributed by atoms with van der Waals surface area (Å²) in [5, 5.41) is 2.74. The zero-order valence-corrected chi connectivity index (χ0v) is 9.99. The van der Waals surface area contributed by atoms with Gasteiger partial charge in [-0.25, -0.2) is 13.1 Å². The third-order valence-corrected chi connectivity index (χ3v) is 3.45. The Kier molecular flexibility index (Phi) is 3.23. The van der Waals surface area contributed by atoms with Gasteiger partial charge in [0.15, 0.2) is 5.69 Å². The Morgan fingerprint density at radius 2 is 1.79 bits per heavy atom. The fourth-order valence-electron chi connectivity index (χ4n) is 1.25. The first-order valence-electron chi connectivity index (χ1n) is 4.91. The molecule has 0 saturated heterocycles. The molecule has 0 fully saturated rings. The molecule has 1 heterocycles. The summed E-state index contributed by atoms with van der Waals surface area (Å²) < 4.78 is 66.5. The average molecular weight is 292 g/mol. The fraction of sp³-hybridized carbons (Fsp3) is 0.100. The Morgan fingerprint density at radius 1 is 1.16 bits per heavy atom. The van der Waals surface area contributed by atoms with Gasteiger partial charge in [0.2, 0.25) is 5.88 Å². The molecule has 1 N–H and O–H groups in total. The van der Waals surface area contributed by atoms with Crippen LogP contribution in [0.3, 0.4) is 0 Å². The molecule has 2 aromatic rings. The van der Waals surface area contributed by atoms with E-state index in [1.807, 2.05) is 4.72 Å². The van der Waals surface area contributed by atoms with Gasteiger partial charge in [-0.2, -0.15) is 13.2 Å². The number of rotatable bonds is 3. The predicted octanol–water partition coefficient (Wildman–Crippen LogP) is 2.49. The molecule has 0 aliphatic heterocycles. The molecule has 1 aromatic carbocycles. The quantitative estimate of drug-likeness (QED) is 0.943. The second-order valence-electron chi connectivity index (χ2n) is 3.49. The summed E-state index contributed by atoms with van der Waals surface area (Å²) in [6.07, 6.45) is -4.69. The monoisotopic (exact) mass is 292 g/mol. The zero-order chi connectivity index (χ0) is 14.1. The second-order valence-corrected chi connectivity index (χ2v) is 5.18. The molecular formula is C10H7F3N2O3S. The summed E-state index contributed by atoms with van der Waals surface area (Å²) in [5.74, 6) is -0.601. The van der Waals surface area contributed by atoms with Crippen LogP contribution in [0.5, 0.6) is 0 Å². The van der Waals surface area contributed by atoms with Crippen molar-refractivity contribution in [2.24, 2.45) is 0 Å². The Morgan fingerprint density at radius 3 is 2.32 bits per heavy atom. The molecule has 0 amide bonds. The smallest absolute Gasteiger partial charge is 0.337 e. The molecule has 0 spiro atoms. The minimum Gasteiger partial charge on any atom is -0.337 e. The number of benzene rings is 1. The van der Waals surface area contributed by atoms with Crippen LogP contribution in [0.4, 0.5) is 19.1 Å². The van der Waals surface area contributed by atoms with Crippen molar-refractivity contribution in [3.8, 4) is 0 Å². The molecule has 0 saturated carbocycles. The molecule has 0 bridgehead atoms. The van der Waals surface area contributed by atoms with E-state index in [0.717, 1.165) is 0 Å². The van der Waals surface area contributed by atoms with Gasteiger partial charge in [0, 0.05) is 6.07 Å². The molecule has 102 valence electrons. The lowest BCUT2D eigenvalue weighted by Crippen LogP contribution is -2.12. The van der Waals surface area contributed by atoms with Gasteiger partial charge in [0.05, 0.1) is 4.90 Å². The van der Waals surface area contributed by atoms with E-state index in [-0.39, 0.29) is 4.90 Å². The summed E-state index contributed by atoms with van der Waals surface area (Å²) in [6.45, 7) is 0. The lowest BCUT2D eigenvalue weighted by molar-refractivity contribution is -0.142. The number of halogens is 3. The van der Waals surface area contributed by atoms with E-state index in [0.29, 0.717) is 6.07 Å². The molecule has 1 aromatic heterocycles. The normalized spacial score (nSPS) is 12.4. The molecule has 2 rings (SSSR count). The van der Waals surface area contributed by atoms with Gasteiger partial charge in [0.1, 0.15) is 0 Å². The Bertz CT molecular complexity index is 665. The number of anilines is 1. The zero-order valence-electron chi connectivity index (χ0n) is 9.18. The molecule has 5 nitrogen and oxygen atoms in total. The first-order valence-corrected chi connectivity index (χ1v) is 6.39. The van der Waals surface area contributed by atoms with Gasteiger partial charge >= 0.3 is 6.18 Å². The van der Waals surface area contributed by atoms with E-state index < -0.39 is 27.8 Å². The maximum Gasteiger partial charge on any atom is 0.436 e. The first kappa shape index (κ1) is 13.4. The van der Waals surface area contributed by atoms with Crippen molar-refractivity contribution >= 4 is 15.9 Å². The molecular weight excluding hydrogens is 285 g/mol. The van der Waals surface area contributed by atoms with Crippen LogP contribution in [-0.2, 0) is 16.2 Å². The molecule has 9 heteroatoms. The first-order chi connectivity index (χ1) is 8.79. The minimum absolute atomic E-state index is 0.0973. The van der Waals surface area contributed by atoms with E-state index in [4.69, 9.17) is 0 Å². The Hall–Kier alpha value is -2.03. The van der Waals surface area contributed by atoms with E-state index in [1.165, 1.54) is 24.3 Å². The van der Waals surface area contributed by atoms with Gasteiger partial charge in [0.25, 0.3) is 10.0 Å². The number of hydrogen-bond donors (Lipinski definition) is 1. The van der Waals surface area contributed by atoms with Gasteiger partial charge in [-0.05, 0) is 12.1 Å². The summed E-state index contributed by atoms with van der Waals surface area (Å²) >= 11 is 0. The molecule has 0 atom stereocenters. The van der Waals surface area contributed by atoms with Gasteiger partial charge < -0.3 is 4.52 Å². The standard InChI is InChI=1S/C10H7F3N2O3S/c11-10(12,13)8-6-9(18-14-8)15-19(16,17)7-4-2-1-3-5-7/h1-6,15H. The third-order valence-electron chi connectivity index (χ3n) is 2.09.